The number of hydrogen-bond acceptors (Lipinski definition) is 4. The molecule has 0 spiro atoms. The quantitative estimate of drug-likeness (QED) is 0.358. The fourth-order valence-electron chi connectivity index (χ4n) is 4.06. The SMILES string of the molecule is CCCCCCN1CCN(Cc2cccc(-n3cnc4ccc(Br)nc43)c2)CC1. The normalized spacial score (nSPS) is 15.9. The van der Waals surface area contributed by atoms with Crippen LogP contribution in [0.5, 0.6) is 0 Å². The van der Waals surface area contributed by atoms with Crippen LogP contribution in [0.3, 0.4) is 0 Å². The van der Waals surface area contributed by atoms with Crippen molar-refractivity contribution in [2.75, 3.05) is 32.7 Å². The average molecular weight is 456 g/mol. The Morgan fingerprint density at radius 3 is 2.62 bits per heavy atom. The summed E-state index contributed by atoms with van der Waals surface area (Å²) in [5.41, 5.74) is 4.25. The zero-order chi connectivity index (χ0) is 20.1. The first-order valence-electron chi connectivity index (χ1n) is 10.8. The zero-order valence-corrected chi connectivity index (χ0v) is 18.8. The Kier molecular flexibility index (Phi) is 6.95. The number of benzene rings is 1. The third-order valence-electron chi connectivity index (χ3n) is 5.75. The molecule has 0 bridgehead atoms. The van der Waals surface area contributed by atoms with Crippen molar-refractivity contribution in [2.24, 2.45) is 0 Å². The number of unbranched alkanes of at least 4 members (excludes halogenated alkanes) is 3. The molecule has 154 valence electrons. The Bertz CT molecular complexity index is 930. The molecule has 1 aliphatic rings. The van der Waals surface area contributed by atoms with Crippen LogP contribution in [0.4, 0.5) is 0 Å². The van der Waals surface area contributed by atoms with Crippen LogP contribution < -0.4 is 0 Å². The number of nitrogens with zero attached hydrogens (tertiary/aromatic N) is 5. The van der Waals surface area contributed by atoms with Gasteiger partial charge >= 0.3 is 0 Å². The van der Waals surface area contributed by atoms with Crippen molar-refractivity contribution in [3.63, 3.8) is 0 Å². The van der Waals surface area contributed by atoms with Crippen LogP contribution >= 0.6 is 15.9 Å². The molecule has 0 aliphatic carbocycles. The molecule has 0 radical (unpaired) electrons. The van der Waals surface area contributed by atoms with Gasteiger partial charge in [0.15, 0.2) is 5.65 Å². The second-order valence-corrected chi connectivity index (χ2v) is 8.75. The van der Waals surface area contributed by atoms with E-state index in [2.05, 4.69) is 71.5 Å². The Morgan fingerprint density at radius 1 is 0.966 bits per heavy atom. The molecule has 1 aliphatic heterocycles. The minimum atomic E-state index is 0.829. The van der Waals surface area contributed by atoms with E-state index in [1.54, 1.807) is 0 Å². The molecule has 0 amide bonds. The molecular formula is C23H30BrN5. The molecule has 0 unspecified atom stereocenters. The Balaban J connectivity index is 1.37. The number of pyridine rings is 1. The van der Waals surface area contributed by atoms with Gasteiger partial charge in [-0.3, -0.25) is 9.47 Å². The molecule has 1 fully saturated rings. The van der Waals surface area contributed by atoms with Gasteiger partial charge in [0.1, 0.15) is 16.4 Å². The predicted molar refractivity (Wildman–Crippen MR) is 122 cm³/mol. The van der Waals surface area contributed by atoms with Gasteiger partial charge in [0.2, 0.25) is 0 Å². The molecule has 6 heteroatoms. The number of halogens is 1. The van der Waals surface area contributed by atoms with Gasteiger partial charge in [0.05, 0.1) is 0 Å². The largest absolute Gasteiger partial charge is 0.301 e. The minimum absolute atomic E-state index is 0.829. The lowest BCUT2D eigenvalue weighted by molar-refractivity contribution is 0.125. The van der Waals surface area contributed by atoms with Crippen molar-refractivity contribution in [1.29, 1.82) is 0 Å². The highest BCUT2D eigenvalue weighted by Crippen LogP contribution is 2.20. The molecule has 1 saturated heterocycles. The summed E-state index contributed by atoms with van der Waals surface area (Å²) in [4.78, 5) is 14.3. The van der Waals surface area contributed by atoms with Crippen LogP contribution in [0.15, 0.2) is 47.3 Å². The van der Waals surface area contributed by atoms with Gasteiger partial charge < -0.3 is 4.90 Å². The van der Waals surface area contributed by atoms with E-state index in [1.165, 1.54) is 50.9 Å². The van der Waals surface area contributed by atoms with Crippen LogP contribution in [0.2, 0.25) is 0 Å². The standard InChI is InChI=1S/C23H30BrN5/c1-2-3-4-5-11-27-12-14-28(15-13-27)17-19-7-6-8-20(16-19)29-18-25-21-9-10-22(24)26-23(21)29/h6-10,16,18H,2-5,11-15,17H2,1H3. The first-order valence-corrected chi connectivity index (χ1v) is 11.6. The molecule has 3 heterocycles. The van der Waals surface area contributed by atoms with E-state index in [0.717, 1.165) is 41.1 Å². The van der Waals surface area contributed by atoms with Gasteiger partial charge in [0.25, 0.3) is 0 Å². The fraction of sp³-hybridized carbons (Fsp3) is 0.478. The van der Waals surface area contributed by atoms with Crippen LogP contribution in [0.25, 0.3) is 16.9 Å². The van der Waals surface area contributed by atoms with Crippen LogP contribution in [0, 0.1) is 0 Å². The number of imidazole rings is 1. The molecule has 0 N–H and O–H groups in total. The molecule has 1 aromatic carbocycles. The maximum absolute atomic E-state index is 4.60. The lowest BCUT2D eigenvalue weighted by Crippen LogP contribution is -2.46. The number of piperazine rings is 1. The summed E-state index contributed by atoms with van der Waals surface area (Å²) >= 11 is 3.47. The Morgan fingerprint density at radius 2 is 1.79 bits per heavy atom. The highest BCUT2D eigenvalue weighted by atomic mass is 79.9. The summed E-state index contributed by atoms with van der Waals surface area (Å²) in [7, 11) is 0. The smallest absolute Gasteiger partial charge is 0.165 e. The third-order valence-corrected chi connectivity index (χ3v) is 6.19. The summed E-state index contributed by atoms with van der Waals surface area (Å²) in [6.45, 7) is 9.23. The fourth-order valence-corrected chi connectivity index (χ4v) is 4.36. The molecule has 4 rings (SSSR count). The Labute approximate surface area is 181 Å². The van der Waals surface area contributed by atoms with E-state index in [4.69, 9.17) is 0 Å². The van der Waals surface area contributed by atoms with Gasteiger partial charge in [-0.15, -0.1) is 0 Å². The monoisotopic (exact) mass is 455 g/mol. The van der Waals surface area contributed by atoms with E-state index in [9.17, 15) is 0 Å². The van der Waals surface area contributed by atoms with Crippen LogP contribution in [-0.4, -0.2) is 57.1 Å². The highest BCUT2D eigenvalue weighted by molar-refractivity contribution is 9.10. The Hall–Kier alpha value is -1.76. The minimum Gasteiger partial charge on any atom is -0.301 e. The molecule has 5 nitrogen and oxygen atoms in total. The topological polar surface area (TPSA) is 37.2 Å². The molecule has 2 aromatic heterocycles. The summed E-state index contributed by atoms with van der Waals surface area (Å²) in [5, 5.41) is 0. The van der Waals surface area contributed by atoms with E-state index in [-0.39, 0.29) is 0 Å². The van der Waals surface area contributed by atoms with Gasteiger partial charge in [0, 0.05) is 38.4 Å². The average Bonchev–Trinajstić information content (AvgIpc) is 3.16. The molecule has 29 heavy (non-hydrogen) atoms. The highest BCUT2D eigenvalue weighted by Gasteiger charge is 2.17. The summed E-state index contributed by atoms with van der Waals surface area (Å²) in [6.07, 6.45) is 7.27. The first-order chi connectivity index (χ1) is 14.2. The van der Waals surface area contributed by atoms with Crippen molar-refractivity contribution in [3.8, 4) is 5.69 Å². The summed E-state index contributed by atoms with van der Waals surface area (Å²) in [6, 6.07) is 12.7. The second kappa shape index (κ2) is 9.83. The van der Waals surface area contributed by atoms with E-state index < -0.39 is 0 Å². The molecule has 0 atom stereocenters. The van der Waals surface area contributed by atoms with Crippen molar-refractivity contribution < 1.29 is 0 Å². The van der Waals surface area contributed by atoms with Gasteiger partial charge in [-0.25, -0.2) is 9.97 Å². The van der Waals surface area contributed by atoms with E-state index in [1.807, 2.05) is 18.5 Å². The lowest BCUT2D eigenvalue weighted by atomic mass is 10.1. The number of fused-ring (bicyclic) bond motifs is 1. The van der Waals surface area contributed by atoms with Gasteiger partial charge in [-0.05, 0) is 58.7 Å². The molecule has 3 aromatic rings. The maximum Gasteiger partial charge on any atom is 0.165 e. The van der Waals surface area contributed by atoms with Crippen LogP contribution in [-0.2, 0) is 6.54 Å². The van der Waals surface area contributed by atoms with Crippen molar-refractivity contribution in [2.45, 2.75) is 39.2 Å². The summed E-state index contributed by atoms with van der Waals surface area (Å²) < 4.78 is 2.90. The summed E-state index contributed by atoms with van der Waals surface area (Å²) in [5.74, 6) is 0. The predicted octanol–water partition coefficient (Wildman–Crippen LogP) is 4.88. The second-order valence-electron chi connectivity index (χ2n) is 7.94. The number of hydrogen-bond donors (Lipinski definition) is 0. The van der Waals surface area contributed by atoms with Crippen LogP contribution in [0.1, 0.15) is 38.2 Å². The zero-order valence-electron chi connectivity index (χ0n) is 17.2. The van der Waals surface area contributed by atoms with Crippen molar-refractivity contribution in [1.82, 2.24) is 24.3 Å². The first kappa shape index (κ1) is 20.5. The van der Waals surface area contributed by atoms with E-state index >= 15 is 0 Å². The lowest BCUT2D eigenvalue weighted by Gasteiger charge is -2.34. The van der Waals surface area contributed by atoms with Gasteiger partial charge in [-0.1, -0.05) is 38.3 Å². The van der Waals surface area contributed by atoms with Crippen molar-refractivity contribution >= 4 is 27.1 Å². The third kappa shape index (κ3) is 5.24. The molecule has 0 saturated carbocycles. The number of aromatic nitrogens is 3. The van der Waals surface area contributed by atoms with Gasteiger partial charge in [-0.2, -0.15) is 0 Å². The van der Waals surface area contributed by atoms with E-state index in [0.29, 0.717) is 0 Å². The number of rotatable bonds is 8. The molecular weight excluding hydrogens is 426 g/mol. The van der Waals surface area contributed by atoms with Crippen molar-refractivity contribution in [3.05, 3.63) is 52.9 Å². The maximum atomic E-state index is 4.60.